The summed E-state index contributed by atoms with van der Waals surface area (Å²) >= 11 is 0. The molecule has 4 rings (SSSR count). The maximum atomic E-state index is 9.25. The van der Waals surface area contributed by atoms with Crippen LogP contribution in [0.25, 0.3) is 33.4 Å². The molecule has 0 unspecified atom stereocenters. The fraction of sp³-hybridized carbons (Fsp3) is 0. The monoisotopic (exact) mass is 371 g/mol. The lowest BCUT2D eigenvalue weighted by atomic mass is 9.95. The molecule has 0 saturated heterocycles. The normalized spacial score (nSPS) is 10.1. The molecule has 0 aromatic heterocycles. The molecule has 0 radical (unpaired) electrons. The first-order chi connectivity index (χ1) is 14.2. The molecule has 0 aliphatic carbocycles. The fourth-order valence-corrected chi connectivity index (χ4v) is 3.40. The summed E-state index contributed by atoms with van der Waals surface area (Å²) in [6, 6.07) is 33.7. The third kappa shape index (κ3) is 3.86. The number of anilines is 1. The van der Waals surface area contributed by atoms with Crippen LogP contribution in [-0.2, 0) is 0 Å². The van der Waals surface area contributed by atoms with Gasteiger partial charge in [-0.3, -0.25) is 0 Å². The van der Waals surface area contributed by atoms with Gasteiger partial charge in [0.15, 0.2) is 0 Å². The lowest BCUT2D eigenvalue weighted by Gasteiger charge is -2.09. The second-order valence-corrected chi connectivity index (χ2v) is 6.81. The summed E-state index contributed by atoms with van der Waals surface area (Å²) in [5, 5.41) is 18.5. The summed E-state index contributed by atoms with van der Waals surface area (Å²) in [7, 11) is 0. The van der Waals surface area contributed by atoms with E-state index in [1.165, 1.54) is 0 Å². The second kappa shape index (κ2) is 7.72. The highest BCUT2D eigenvalue weighted by molar-refractivity contribution is 5.78. The van der Waals surface area contributed by atoms with E-state index < -0.39 is 0 Å². The third-order valence-electron chi connectivity index (χ3n) is 4.80. The van der Waals surface area contributed by atoms with Crippen LogP contribution < -0.4 is 5.73 Å². The minimum absolute atomic E-state index is 0.480. The molecule has 4 aromatic carbocycles. The molecule has 3 heteroatoms. The van der Waals surface area contributed by atoms with Crippen molar-refractivity contribution in [3.05, 3.63) is 102 Å². The van der Waals surface area contributed by atoms with Crippen LogP contribution in [-0.4, -0.2) is 0 Å². The van der Waals surface area contributed by atoms with Crippen LogP contribution in [0.2, 0.25) is 0 Å². The Bertz CT molecular complexity index is 1260. The fourth-order valence-electron chi connectivity index (χ4n) is 3.40. The van der Waals surface area contributed by atoms with E-state index in [0.29, 0.717) is 11.1 Å². The number of hydrogen-bond acceptors (Lipinski definition) is 3. The zero-order chi connectivity index (χ0) is 20.2. The van der Waals surface area contributed by atoms with Crippen LogP contribution in [0.4, 0.5) is 5.69 Å². The molecule has 29 heavy (non-hydrogen) atoms. The van der Waals surface area contributed by atoms with Crippen molar-refractivity contribution >= 4 is 5.69 Å². The van der Waals surface area contributed by atoms with Crippen molar-refractivity contribution in [2.45, 2.75) is 0 Å². The van der Waals surface area contributed by atoms with E-state index in [-0.39, 0.29) is 0 Å². The first kappa shape index (κ1) is 18.0. The summed E-state index contributed by atoms with van der Waals surface area (Å²) in [5.41, 5.74) is 13.8. The van der Waals surface area contributed by atoms with Crippen molar-refractivity contribution < 1.29 is 0 Å². The van der Waals surface area contributed by atoms with Gasteiger partial charge in [-0.25, -0.2) is 0 Å². The highest BCUT2D eigenvalue weighted by Gasteiger charge is 2.07. The molecular formula is C26H17N3. The maximum Gasteiger partial charge on any atom is 0.0992 e. The SMILES string of the molecule is N#Cc1cc(C#N)cc(-c2cccc(-c3cccc(-c4cccc(N)c4)c3)c2)c1. The molecule has 0 fully saturated rings. The summed E-state index contributed by atoms with van der Waals surface area (Å²) < 4.78 is 0. The smallest absolute Gasteiger partial charge is 0.0992 e. The van der Waals surface area contributed by atoms with Gasteiger partial charge in [-0.2, -0.15) is 10.5 Å². The average molecular weight is 371 g/mol. The van der Waals surface area contributed by atoms with Gasteiger partial charge in [0.05, 0.1) is 23.3 Å². The van der Waals surface area contributed by atoms with E-state index in [1.807, 2.05) is 54.6 Å². The number of hydrogen-bond donors (Lipinski definition) is 1. The van der Waals surface area contributed by atoms with E-state index >= 15 is 0 Å². The van der Waals surface area contributed by atoms with Crippen LogP contribution in [0.15, 0.2) is 91.0 Å². The van der Waals surface area contributed by atoms with Crippen LogP contribution in [0.5, 0.6) is 0 Å². The van der Waals surface area contributed by atoms with Gasteiger partial charge in [0, 0.05) is 5.69 Å². The molecule has 0 aliphatic heterocycles. The highest BCUT2D eigenvalue weighted by Crippen LogP contribution is 2.30. The minimum atomic E-state index is 0.480. The Hall–Kier alpha value is -4.34. The molecule has 0 aliphatic rings. The van der Waals surface area contributed by atoms with E-state index in [1.54, 1.807) is 6.07 Å². The number of nitrogen functional groups attached to an aromatic ring is 1. The molecule has 0 spiro atoms. The number of nitrogens with two attached hydrogens (primary N) is 1. The summed E-state index contributed by atoms with van der Waals surface area (Å²) in [6.45, 7) is 0. The Labute approximate surface area is 169 Å². The minimum Gasteiger partial charge on any atom is -0.399 e. The van der Waals surface area contributed by atoms with Gasteiger partial charge in [-0.05, 0) is 75.8 Å². The first-order valence-corrected chi connectivity index (χ1v) is 9.18. The molecule has 0 bridgehead atoms. The highest BCUT2D eigenvalue weighted by atomic mass is 14.5. The van der Waals surface area contributed by atoms with Crippen molar-refractivity contribution in [1.29, 1.82) is 10.5 Å². The Morgan fingerprint density at radius 3 is 1.34 bits per heavy atom. The molecule has 2 N–H and O–H groups in total. The molecular weight excluding hydrogens is 354 g/mol. The van der Waals surface area contributed by atoms with Crippen LogP contribution in [0.3, 0.4) is 0 Å². The quantitative estimate of drug-likeness (QED) is 0.448. The molecule has 0 atom stereocenters. The Balaban J connectivity index is 1.77. The van der Waals surface area contributed by atoms with E-state index in [9.17, 15) is 10.5 Å². The predicted molar refractivity (Wildman–Crippen MR) is 117 cm³/mol. The van der Waals surface area contributed by atoms with Gasteiger partial charge in [-0.1, -0.05) is 48.5 Å². The predicted octanol–water partition coefficient (Wildman–Crippen LogP) is 6.01. The molecule has 4 aromatic rings. The number of nitriles is 2. The largest absolute Gasteiger partial charge is 0.399 e. The summed E-state index contributed by atoms with van der Waals surface area (Å²) in [5.74, 6) is 0. The lowest BCUT2D eigenvalue weighted by Crippen LogP contribution is -1.87. The summed E-state index contributed by atoms with van der Waals surface area (Å²) in [6.07, 6.45) is 0. The Morgan fingerprint density at radius 2 is 0.897 bits per heavy atom. The topological polar surface area (TPSA) is 73.6 Å². The summed E-state index contributed by atoms with van der Waals surface area (Å²) in [4.78, 5) is 0. The van der Waals surface area contributed by atoms with E-state index in [0.717, 1.165) is 39.1 Å². The Morgan fingerprint density at radius 1 is 0.483 bits per heavy atom. The van der Waals surface area contributed by atoms with Crippen molar-refractivity contribution in [3.63, 3.8) is 0 Å². The molecule has 136 valence electrons. The van der Waals surface area contributed by atoms with Crippen molar-refractivity contribution in [2.24, 2.45) is 0 Å². The number of nitrogens with zero attached hydrogens (tertiary/aromatic N) is 2. The van der Waals surface area contributed by atoms with Crippen molar-refractivity contribution in [1.82, 2.24) is 0 Å². The van der Waals surface area contributed by atoms with Crippen molar-refractivity contribution in [2.75, 3.05) is 5.73 Å². The van der Waals surface area contributed by atoms with Gasteiger partial charge in [0.1, 0.15) is 0 Å². The maximum absolute atomic E-state index is 9.25. The zero-order valence-electron chi connectivity index (χ0n) is 15.6. The second-order valence-electron chi connectivity index (χ2n) is 6.81. The molecule has 3 nitrogen and oxygen atoms in total. The molecule has 0 amide bonds. The van der Waals surface area contributed by atoms with Gasteiger partial charge in [0.2, 0.25) is 0 Å². The zero-order valence-corrected chi connectivity index (χ0v) is 15.6. The van der Waals surface area contributed by atoms with Gasteiger partial charge < -0.3 is 5.73 Å². The first-order valence-electron chi connectivity index (χ1n) is 9.18. The van der Waals surface area contributed by atoms with Gasteiger partial charge in [-0.15, -0.1) is 0 Å². The van der Waals surface area contributed by atoms with Gasteiger partial charge >= 0.3 is 0 Å². The molecule has 0 saturated carbocycles. The van der Waals surface area contributed by atoms with E-state index in [2.05, 4.69) is 42.5 Å². The van der Waals surface area contributed by atoms with Crippen LogP contribution in [0, 0.1) is 22.7 Å². The Kier molecular flexibility index (Phi) is 4.81. The third-order valence-corrected chi connectivity index (χ3v) is 4.80. The number of rotatable bonds is 3. The van der Waals surface area contributed by atoms with Crippen LogP contribution >= 0.6 is 0 Å². The number of benzene rings is 4. The van der Waals surface area contributed by atoms with E-state index in [4.69, 9.17) is 5.73 Å². The average Bonchev–Trinajstić information content (AvgIpc) is 2.79. The van der Waals surface area contributed by atoms with Crippen molar-refractivity contribution in [3.8, 4) is 45.5 Å². The standard InChI is InChI=1S/C26H17N3/c27-16-18-10-19(17-28)12-25(11-18)23-7-2-5-21(14-23)20-4-1-6-22(13-20)24-8-3-9-26(29)15-24/h1-15H,29H2. The lowest BCUT2D eigenvalue weighted by molar-refractivity contribution is 1.44. The van der Waals surface area contributed by atoms with Gasteiger partial charge in [0.25, 0.3) is 0 Å². The molecule has 0 heterocycles. The van der Waals surface area contributed by atoms with Crippen LogP contribution in [0.1, 0.15) is 11.1 Å².